The van der Waals surface area contributed by atoms with Gasteiger partial charge in [0.15, 0.2) is 0 Å². The SMILES string of the molecule is CS(=O)(=O)Nc1ccc(-c2cn(-c3ccc4c(c3)C(=O)N(C3CCC(=O)NC3=O)C4)nn2)cc1. The van der Waals surface area contributed by atoms with Gasteiger partial charge in [-0.05, 0) is 36.2 Å². The van der Waals surface area contributed by atoms with Crippen LogP contribution >= 0.6 is 0 Å². The summed E-state index contributed by atoms with van der Waals surface area (Å²) in [4.78, 5) is 38.2. The molecule has 11 nitrogen and oxygen atoms in total. The molecule has 1 aromatic heterocycles. The number of nitrogens with one attached hydrogen (secondary N) is 2. The van der Waals surface area contributed by atoms with Gasteiger partial charge in [0.2, 0.25) is 21.8 Å². The summed E-state index contributed by atoms with van der Waals surface area (Å²) in [5, 5.41) is 10.6. The standard InChI is InChI=1S/C22H20N6O5S/c1-34(32,33)25-15-5-2-13(3-6-15)18-12-28(26-24-18)16-7-4-14-11-27(22(31)17(14)10-16)19-8-9-20(29)23-21(19)30/h2-7,10,12,19,25H,8-9,11H2,1H3,(H,23,29,30). The minimum atomic E-state index is -3.36. The van der Waals surface area contributed by atoms with Crippen LogP contribution in [0.4, 0.5) is 5.69 Å². The molecule has 0 spiro atoms. The van der Waals surface area contributed by atoms with E-state index in [1.807, 2.05) is 12.1 Å². The summed E-state index contributed by atoms with van der Waals surface area (Å²) in [5.41, 5.74) is 3.67. The third-order valence-electron chi connectivity index (χ3n) is 5.75. The smallest absolute Gasteiger partial charge is 0.255 e. The van der Waals surface area contributed by atoms with E-state index in [4.69, 9.17) is 0 Å². The largest absolute Gasteiger partial charge is 0.322 e. The van der Waals surface area contributed by atoms with Gasteiger partial charge in [-0.25, -0.2) is 13.1 Å². The van der Waals surface area contributed by atoms with Crippen molar-refractivity contribution in [2.24, 2.45) is 0 Å². The zero-order valence-electron chi connectivity index (χ0n) is 18.1. The predicted molar refractivity (Wildman–Crippen MR) is 121 cm³/mol. The van der Waals surface area contributed by atoms with E-state index in [0.717, 1.165) is 17.4 Å². The Morgan fingerprint density at radius 2 is 1.85 bits per heavy atom. The molecule has 1 atom stereocenters. The van der Waals surface area contributed by atoms with E-state index in [-0.39, 0.29) is 18.2 Å². The van der Waals surface area contributed by atoms with Crippen LogP contribution in [0.5, 0.6) is 0 Å². The van der Waals surface area contributed by atoms with Crippen LogP contribution in [0.15, 0.2) is 48.7 Å². The molecule has 1 saturated heterocycles. The molecule has 2 N–H and O–H groups in total. The average molecular weight is 481 g/mol. The number of amides is 3. The first kappa shape index (κ1) is 21.8. The second-order valence-electron chi connectivity index (χ2n) is 8.24. The molecule has 1 unspecified atom stereocenters. The molecule has 3 aromatic rings. The molecule has 0 radical (unpaired) electrons. The topological polar surface area (TPSA) is 143 Å². The van der Waals surface area contributed by atoms with Crippen molar-refractivity contribution < 1.29 is 22.8 Å². The van der Waals surface area contributed by atoms with Gasteiger partial charge < -0.3 is 4.90 Å². The van der Waals surface area contributed by atoms with Crippen LogP contribution in [0.2, 0.25) is 0 Å². The van der Waals surface area contributed by atoms with Gasteiger partial charge in [0, 0.05) is 29.8 Å². The molecule has 12 heteroatoms. The fraction of sp³-hybridized carbons (Fsp3) is 0.227. The van der Waals surface area contributed by atoms with Gasteiger partial charge in [-0.15, -0.1) is 5.10 Å². The lowest BCUT2D eigenvalue weighted by Crippen LogP contribution is -2.52. The minimum Gasteiger partial charge on any atom is -0.322 e. The Balaban J connectivity index is 1.36. The first-order chi connectivity index (χ1) is 16.2. The van der Waals surface area contributed by atoms with Gasteiger partial charge in [-0.2, -0.15) is 0 Å². The highest BCUT2D eigenvalue weighted by molar-refractivity contribution is 7.92. The number of imide groups is 1. The third-order valence-corrected chi connectivity index (χ3v) is 6.36. The number of fused-ring (bicyclic) bond motifs is 1. The highest BCUT2D eigenvalue weighted by Crippen LogP contribution is 2.29. The van der Waals surface area contributed by atoms with Crippen LogP contribution in [-0.4, -0.2) is 58.3 Å². The number of sulfonamides is 1. The van der Waals surface area contributed by atoms with Crippen LogP contribution in [-0.2, 0) is 26.2 Å². The number of hydrogen-bond donors (Lipinski definition) is 2. The highest BCUT2D eigenvalue weighted by atomic mass is 32.2. The second kappa shape index (κ2) is 8.06. The Hall–Kier alpha value is -4.06. The predicted octanol–water partition coefficient (Wildman–Crippen LogP) is 1.07. The van der Waals surface area contributed by atoms with Crippen LogP contribution in [0.25, 0.3) is 16.9 Å². The molecule has 3 heterocycles. The van der Waals surface area contributed by atoms with Crippen molar-refractivity contribution in [1.82, 2.24) is 25.2 Å². The molecule has 2 aliphatic rings. The van der Waals surface area contributed by atoms with E-state index in [0.29, 0.717) is 35.6 Å². The van der Waals surface area contributed by atoms with E-state index >= 15 is 0 Å². The van der Waals surface area contributed by atoms with Crippen molar-refractivity contribution in [2.75, 3.05) is 11.0 Å². The van der Waals surface area contributed by atoms with Crippen molar-refractivity contribution in [3.05, 3.63) is 59.8 Å². The maximum Gasteiger partial charge on any atom is 0.255 e. The molecule has 174 valence electrons. The first-order valence-corrected chi connectivity index (χ1v) is 12.4. The van der Waals surface area contributed by atoms with Crippen LogP contribution in [0.1, 0.15) is 28.8 Å². The summed E-state index contributed by atoms with van der Waals surface area (Å²) >= 11 is 0. The number of anilines is 1. The number of carbonyl (C=O) groups is 3. The summed E-state index contributed by atoms with van der Waals surface area (Å²) in [5.74, 6) is -1.03. The molecule has 0 aliphatic carbocycles. The number of aromatic nitrogens is 3. The number of hydrogen-bond acceptors (Lipinski definition) is 7. The average Bonchev–Trinajstić information content (AvgIpc) is 3.39. The molecule has 1 fully saturated rings. The fourth-order valence-electron chi connectivity index (χ4n) is 4.13. The molecule has 0 saturated carbocycles. The molecular weight excluding hydrogens is 460 g/mol. The number of rotatable bonds is 5. The summed E-state index contributed by atoms with van der Waals surface area (Å²) in [6.07, 6.45) is 3.30. The minimum absolute atomic E-state index is 0.203. The number of nitrogens with zero attached hydrogens (tertiary/aromatic N) is 4. The summed E-state index contributed by atoms with van der Waals surface area (Å²) < 4.78 is 26.7. The molecular formula is C22H20N6O5S. The number of piperidine rings is 1. The van der Waals surface area contributed by atoms with E-state index in [1.165, 1.54) is 4.90 Å². The lowest BCUT2D eigenvalue weighted by atomic mass is 10.0. The fourth-order valence-corrected chi connectivity index (χ4v) is 4.69. The Morgan fingerprint density at radius 3 is 2.56 bits per heavy atom. The Kier molecular flexibility index (Phi) is 5.16. The van der Waals surface area contributed by atoms with Gasteiger partial charge in [-0.3, -0.25) is 24.4 Å². The summed E-state index contributed by atoms with van der Waals surface area (Å²) in [6, 6.07) is 11.4. The van der Waals surface area contributed by atoms with Crippen molar-refractivity contribution in [1.29, 1.82) is 0 Å². The maximum absolute atomic E-state index is 13.0. The summed E-state index contributed by atoms with van der Waals surface area (Å²) in [6.45, 7) is 0.303. The van der Waals surface area contributed by atoms with Crippen molar-refractivity contribution in [3.8, 4) is 16.9 Å². The summed E-state index contributed by atoms with van der Waals surface area (Å²) in [7, 11) is -3.36. The maximum atomic E-state index is 13.0. The molecule has 2 aromatic carbocycles. The van der Waals surface area contributed by atoms with E-state index in [9.17, 15) is 22.8 Å². The molecule has 3 amide bonds. The normalized spacial score (nSPS) is 18.1. The van der Waals surface area contributed by atoms with E-state index in [2.05, 4.69) is 20.4 Å². The number of benzene rings is 2. The Labute approximate surface area is 194 Å². The van der Waals surface area contributed by atoms with Crippen molar-refractivity contribution in [2.45, 2.75) is 25.4 Å². The lowest BCUT2D eigenvalue weighted by Gasteiger charge is -2.29. The molecule has 2 aliphatic heterocycles. The zero-order valence-corrected chi connectivity index (χ0v) is 18.9. The van der Waals surface area contributed by atoms with Crippen molar-refractivity contribution in [3.63, 3.8) is 0 Å². The van der Waals surface area contributed by atoms with Gasteiger partial charge in [-0.1, -0.05) is 23.4 Å². The quantitative estimate of drug-likeness (QED) is 0.520. The highest BCUT2D eigenvalue weighted by Gasteiger charge is 2.39. The Morgan fingerprint density at radius 1 is 1.09 bits per heavy atom. The molecule has 5 rings (SSSR count). The first-order valence-electron chi connectivity index (χ1n) is 10.5. The zero-order chi connectivity index (χ0) is 24.0. The van der Waals surface area contributed by atoms with Crippen LogP contribution in [0, 0.1) is 0 Å². The lowest BCUT2D eigenvalue weighted by molar-refractivity contribution is -0.136. The second-order valence-corrected chi connectivity index (χ2v) is 9.99. The number of carbonyl (C=O) groups excluding carboxylic acids is 3. The van der Waals surface area contributed by atoms with Gasteiger partial charge in [0.25, 0.3) is 5.91 Å². The van der Waals surface area contributed by atoms with Gasteiger partial charge in [0.05, 0.1) is 18.1 Å². The Bertz CT molecular complexity index is 1430. The monoisotopic (exact) mass is 480 g/mol. The van der Waals surface area contributed by atoms with Crippen LogP contribution < -0.4 is 10.0 Å². The van der Waals surface area contributed by atoms with E-state index in [1.54, 1.807) is 41.2 Å². The molecule has 0 bridgehead atoms. The van der Waals surface area contributed by atoms with Gasteiger partial charge in [0.1, 0.15) is 11.7 Å². The van der Waals surface area contributed by atoms with Gasteiger partial charge >= 0.3 is 0 Å². The van der Waals surface area contributed by atoms with E-state index < -0.39 is 22.0 Å². The third kappa shape index (κ3) is 4.15. The van der Waals surface area contributed by atoms with Crippen LogP contribution in [0.3, 0.4) is 0 Å². The van der Waals surface area contributed by atoms with Crippen molar-refractivity contribution >= 4 is 33.4 Å². The molecule has 34 heavy (non-hydrogen) atoms.